The molecule has 27 heavy (non-hydrogen) atoms. The molecule has 2 rings (SSSR count). The maximum Gasteiger partial charge on any atom is 0.306 e. The van der Waals surface area contributed by atoms with E-state index in [1.165, 1.54) is 0 Å². The summed E-state index contributed by atoms with van der Waals surface area (Å²) in [5, 5.41) is 5.43. The van der Waals surface area contributed by atoms with Crippen molar-refractivity contribution in [3.63, 3.8) is 0 Å². The van der Waals surface area contributed by atoms with Gasteiger partial charge < -0.3 is 15.4 Å². The van der Waals surface area contributed by atoms with E-state index in [1.807, 2.05) is 32.0 Å². The largest absolute Gasteiger partial charge is 0.456 e. The number of amides is 2. The van der Waals surface area contributed by atoms with E-state index < -0.39 is 11.9 Å². The van der Waals surface area contributed by atoms with Crippen LogP contribution in [0.1, 0.15) is 42.1 Å². The van der Waals surface area contributed by atoms with Crippen LogP contribution < -0.4 is 10.6 Å². The van der Waals surface area contributed by atoms with Crippen molar-refractivity contribution in [2.75, 3.05) is 17.2 Å². The fraction of sp³-hybridized carbons (Fsp3) is 0.286. The van der Waals surface area contributed by atoms with Crippen molar-refractivity contribution in [2.24, 2.45) is 0 Å². The number of hydrogen-bond donors (Lipinski definition) is 2. The number of carbonyl (C=O) groups excluding carboxylic acids is 3. The molecule has 0 heterocycles. The number of benzene rings is 2. The number of rotatable bonds is 8. The highest BCUT2D eigenvalue weighted by Gasteiger charge is 2.14. The number of ether oxygens (including phenoxy) is 1. The molecule has 0 atom stereocenters. The molecule has 6 nitrogen and oxygen atoms in total. The van der Waals surface area contributed by atoms with E-state index in [2.05, 4.69) is 10.6 Å². The summed E-state index contributed by atoms with van der Waals surface area (Å²) in [6.45, 7) is 3.53. The molecule has 2 amide bonds. The Morgan fingerprint density at radius 1 is 1.00 bits per heavy atom. The van der Waals surface area contributed by atoms with E-state index in [1.54, 1.807) is 30.3 Å². The maximum absolute atomic E-state index is 12.6. The van der Waals surface area contributed by atoms with Crippen LogP contribution in [0, 0.1) is 6.92 Å². The van der Waals surface area contributed by atoms with E-state index in [-0.39, 0.29) is 12.5 Å². The van der Waals surface area contributed by atoms with Crippen LogP contribution in [-0.2, 0) is 14.3 Å². The van der Waals surface area contributed by atoms with Gasteiger partial charge in [-0.3, -0.25) is 14.4 Å². The molecule has 2 aromatic rings. The first-order chi connectivity index (χ1) is 13.0. The third kappa shape index (κ3) is 6.58. The van der Waals surface area contributed by atoms with E-state index >= 15 is 0 Å². The van der Waals surface area contributed by atoms with Gasteiger partial charge in [0, 0.05) is 12.1 Å². The molecular weight excluding hydrogens is 344 g/mol. The van der Waals surface area contributed by atoms with Gasteiger partial charge in [0.1, 0.15) is 0 Å². The Morgan fingerprint density at radius 2 is 1.78 bits per heavy atom. The predicted octanol–water partition coefficient (Wildman–Crippen LogP) is 3.92. The molecular formula is C21H24N2O4. The molecule has 0 saturated carbocycles. The minimum atomic E-state index is -0.490. The van der Waals surface area contributed by atoms with Crippen molar-refractivity contribution >= 4 is 29.2 Å². The number of esters is 1. The maximum atomic E-state index is 12.6. The lowest BCUT2D eigenvalue weighted by atomic mass is 10.1. The van der Waals surface area contributed by atoms with Crippen molar-refractivity contribution < 1.29 is 19.1 Å². The van der Waals surface area contributed by atoms with Crippen molar-refractivity contribution in [2.45, 2.75) is 33.1 Å². The molecule has 0 fully saturated rings. The van der Waals surface area contributed by atoms with Crippen LogP contribution >= 0.6 is 0 Å². The molecule has 6 heteroatoms. The molecule has 2 N–H and O–H groups in total. The van der Waals surface area contributed by atoms with Crippen LogP contribution in [0.2, 0.25) is 0 Å². The van der Waals surface area contributed by atoms with Crippen LogP contribution in [0.5, 0.6) is 0 Å². The van der Waals surface area contributed by atoms with Crippen molar-refractivity contribution in [3.8, 4) is 0 Å². The lowest BCUT2D eigenvalue weighted by Crippen LogP contribution is -2.23. The second-order valence-corrected chi connectivity index (χ2v) is 6.18. The summed E-state index contributed by atoms with van der Waals surface area (Å²) in [6, 6.07) is 14.1. The summed E-state index contributed by atoms with van der Waals surface area (Å²) >= 11 is 0. The van der Waals surface area contributed by atoms with Gasteiger partial charge in [0.2, 0.25) is 0 Å². The minimum Gasteiger partial charge on any atom is -0.456 e. The van der Waals surface area contributed by atoms with Gasteiger partial charge >= 0.3 is 5.97 Å². The monoisotopic (exact) mass is 368 g/mol. The average molecular weight is 368 g/mol. The predicted molar refractivity (Wildman–Crippen MR) is 105 cm³/mol. The second-order valence-electron chi connectivity index (χ2n) is 6.18. The van der Waals surface area contributed by atoms with Gasteiger partial charge in [-0.05, 0) is 43.2 Å². The molecule has 0 aromatic heterocycles. The molecule has 0 spiro atoms. The highest BCUT2D eigenvalue weighted by molar-refractivity contribution is 6.10. The van der Waals surface area contributed by atoms with Crippen LogP contribution in [-0.4, -0.2) is 24.4 Å². The van der Waals surface area contributed by atoms with Crippen LogP contribution in [0.4, 0.5) is 11.4 Å². The Labute approximate surface area is 158 Å². The van der Waals surface area contributed by atoms with Crippen molar-refractivity contribution in [1.82, 2.24) is 0 Å². The average Bonchev–Trinajstić information content (AvgIpc) is 2.65. The Morgan fingerprint density at radius 3 is 2.52 bits per heavy atom. The smallest absolute Gasteiger partial charge is 0.306 e. The third-order valence-electron chi connectivity index (χ3n) is 3.82. The summed E-state index contributed by atoms with van der Waals surface area (Å²) < 4.78 is 4.94. The Bertz CT molecular complexity index is 817. The number of carbonyl (C=O) groups is 3. The van der Waals surface area contributed by atoms with Gasteiger partial charge in [-0.2, -0.15) is 0 Å². The number of nitrogens with one attached hydrogen (secondary N) is 2. The highest BCUT2D eigenvalue weighted by Crippen LogP contribution is 2.18. The van der Waals surface area contributed by atoms with Crippen molar-refractivity contribution in [1.29, 1.82) is 0 Å². The summed E-state index contributed by atoms with van der Waals surface area (Å²) in [4.78, 5) is 36.1. The molecule has 0 saturated heterocycles. The second kappa shape index (κ2) is 10.1. The normalized spacial score (nSPS) is 10.1. The quantitative estimate of drug-likeness (QED) is 0.692. The molecule has 142 valence electrons. The molecule has 0 radical (unpaired) electrons. The van der Waals surface area contributed by atoms with E-state index in [4.69, 9.17) is 4.74 Å². The number of anilines is 2. The minimum absolute atomic E-state index is 0.291. The number of para-hydroxylation sites is 1. The van der Waals surface area contributed by atoms with Gasteiger partial charge in [-0.15, -0.1) is 0 Å². The molecule has 0 unspecified atom stereocenters. The number of aryl methyl sites for hydroxylation is 1. The van der Waals surface area contributed by atoms with E-state index in [0.717, 1.165) is 18.4 Å². The molecule has 0 aliphatic heterocycles. The molecule has 0 aliphatic rings. The summed E-state index contributed by atoms with van der Waals surface area (Å²) in [5.74, 6) is -1.23. The van der Waals surface area contributed by atoms with E-state index in [0.29, 0.717) is 23.4 Å². The lowest BCUT2D eigenvalue weighted by Gasteiger charge is -2.12. The molecule has 2 aromatic carbocycles. The lowest BCUT2D eigenvalue weighted by molar-refractivity contribution is -0.147. The van der Waals surface area contributed by atoms with E-state index in [9.17, 15) is 14.4 Å². The first-order valence-electron chi connectivity index (χ1n) is 8.92. The first kappa shape index (κ1) is 20.2. The Hall–Kier alpha value is -3.15. The Balaban J connectivity index is 1.99. The zero-order valence-electron chi connectivity index (χ0n) is 15.6. The highest BCUT2D eigenvalue weighted by atomic mass is 16.5. The zero-order chi connectivity index (χ0) is 19.6. The van der Waals surface area contributed by atoms with Gasteiger partial charge in [0.05, 0.1) is 11.3 Å². The Kier molecular flexibility index (Phi) is 7.55. The van der Waals surface area contributed by atoms with Crippen LogP contribution in [0.3, 0.4) is 0 Å². The fourth-order valence-electron chi connectivity index (χ4n) is 2.44. The third-order valence-corrected chi connectivity index (χ3v) is 3.82. The summed E-state index contributed by atoms with van der Waals surface area (Å²) in [7, 11) is 0. The topological polar surface area (TPSA) is 84.5 Å². The molecule has 0 bridgehead atoms. The van der Waals surface area contributed by atoms with Gasteiger partial charge in [0.15, 0.2) is 6.61 Å². The van der Waals surface area contributed by atoms with Gasteiger partial charge in [-0.1, -0.05) is 37.6 Å². The number of hydrogen-bond acceptors (Lipinski definition) is 4. The molecule has 0 aliphatic carbocycles. The van der Waals surface area contributed by atoms with Crippen LogP contribution in [0.25, 0.3) is 0 Å². The van der Waals surface area contributed by atoms with Crippen molar-refractivity contribution in [3.05, 3.63) is 59.7 Å². The summed E-state index contributed by atoms with van der Waals surface area (Å²) in [5.41, 5.74) is 2.38. The standard InChI is InChI=1S/C21H24N2O4/c1-3-4-12-20(25)27-14-19(24)23-18-11-6-5-10-17(18)21(26)22-16-9-7-8-15(2)13-16/h5-11,13H,3-4,12,14H2,1-2H3,(H,22,26)(H,23,24). The fourth-order valence-corrected chi connectivity index (χ4v) is 2.44. The first-order valence-corrected chi connectivity index (χ1v) is 8.92. The SMILES string of the molecule is CCCCC(=O)OCC(=O)Nc1ccccc1C(=O)Nc1cccc(C)c1. The zero-order valence-corrected chi connectivity index (χ0v) is 15.6. The van der Waals surface area contributed by atoms with Gasteiger partial charge in [0.25, 0.3) is 11.8 Å². The van der Waals surface area contributed by atoms with Crippen LogP contribution in [0.15, 0.2) is 48.5 Å². The number of unbranched alkanes of at least 4 members (excludes halogenated alkanes) is 1. The van der Waals surface area contributed by atoms with Gasteiger partial charge in [-0.25, -0.2) is 0 Å². The summed E-state index contributed by atoms with van der Waals surface area (Å²) in [6.07, 6.45) is 1.90.